The third-order valence-corrected chi connectivity index (χ3v) is 15.5. The minimum absolute atomic E-state index is 0.0237. The molecule has 1 aliphatic heterocycles. The lowest BCUT2D eigenvalue weighted by Crippen LogP contribution is -2.61. The molecule has 2 unspecified atom stereocenters. The predicted octanol–water partition coefficient (Wildman–Crippen LogP) is 12.5. The van der Waals surface area contributed by atoms with Crippen LogP contribution in [0.4, 0.5) is 22.7 Å². The van der Waals surface area contributed by atoms with E-state index in [1.165, 1.54) is 127 Å². The maximum absolute atomic E-state index is 12.9. The van der Waals surface area contributed by atoms with E-state index in [1.807, 2.05) is 27.7 Å². The number of carbonyl (C=O) groups is 4. The van der Waals surface area contributed by atoms with Crippen molar-refractivity contribution in [2.24, 2.45) is 0 Å². The molecule has 2 amide bonds. The van der Waals surface area contributed by atoms with Crippen LogP contribution in [0.25, 0.3) is 0 Å². The van der Waals surface area contributed by atoms with Gasteiger partial charge in [0, 0.05) is 49.6 Å². The number of hydroxylamine groups is 2. The fraction of sp³-hybridized carbons (Fsp3) is 0.828. The number of piperidine rings is 1. The molecule has 24 heteroatoms. The number of esters is 2. The molecule has 1 aromatic rings. The van der Waals surface area contributed by atoms with Crippen molar-refractivity contribution < 1.29 is 66.9 Å². The number of hydrogen-bond acceptors (Lipinski definition) is 18. The van der Waals surface area contributed by atoms with Crippen molar-refractivity contribution in [3.63, 3.8) is 0 Å². The molecular weight excluding hydrogens is 1080 g/mol. The van der Waals surface area contributed by atoms with Crippen molar-refractivity contribution in [1.29, 1.82) is 0 Å². The number of phosphoric ester groups is 1. The number of nitrogens with one attached hydrogen (secondary N) is 4. The van der Waals surface area contributed by atoms with Crippen LogP contribution in [-0.2, 0) is 47.0 Å². The van der Waals surface area contributed by atoms with Gasteiger partial charge < -0.3 is 45.6 Å². The first-order valence-electron chi connectivity index (χ1n) is 30.6. The van der Waals surface area contributed by atoms with Gasteiger partial charge in [-0.25, -0.2) is 4.57 Å². The summed E-state index contributed by atoms with van der Waals surface area (Å²) >= 11 is 0. The number of phosphoric acid groups is 1. The van der Waals surface area contributed by atoms with E-state index >= 15 is 0 Å². The zero-order chi connectivity index (χ0) is 60.7. The Balaban J connectivity index is 1.77. The summed E-state index contributed by atoms with van der Waals surface area (Å²) < 4.78 is 39.1. The van der Waals surface area contributed by atoms with E-state index in [9.17, 15) is 54.1 Å². The van der Waals surface area contributed by atoms with E-state index in [-0.39, 0.29) is 56.5 Å². The Hall–Kier alpha value is -4.51. The quantitative estimate of drug-likeness (QED) is 0.0116. The zero-order valence-corrected chi connectivity index (χ0v) is 51.5. The highest BCUT2D eigenvalue weighted by Crippen LogP contribution is 2.44. The number of hydrogen-bond donors (Lipinski definition) is 6. The van der Waals surface area contributed by atoms with Crippen LogP contribution in [0.3, 0.4) is 0 Å². The molecule has 0 aromatic heterocycles. The summed E-state index contributed by atoms with van der Waals surface area (Å²) in [6, 6.07) is 1.82. The maximum Gasteiger partial charge on any atom is 0.472 e. The van der Waals surface area contributed by atoms with Gasteiger partial charge in [-0.15, -0.1) is 0 Å². The van der Waals surface area contributed by atoms with Gasteiger partial charge in [-0.05, 0) is 59.4 Å². The van der Waals surface area contributed by atoms with E-state index < -0.39 is 96.4 Å². The van der Waals surface area contributed by atoms with Gasteiger partial charge in [0.15, 0.2) is 6.10 Å². The van der Waals surface area contributed by atoms with Crippen LogP contribution in [0.15, 0.2) is 12.1 Å². The first kappa shape index (κ1) is 73.6. The van der Waals surface area contributed by atoms with Crippen LogP contribution in [0.2, 0.25) is 0 Å². The summed E-state index contributed by atoms with van der Waals surface area (Å²) in [7, 11) is -4.74. The molecule has 82 heavy (non-hydrogen) atoms. The Labute approximate surface area is 488 Å². The molecule has 472 valence electrons. The van der Waals surface area contributed by atoms with Crippen molar-refractivity contribution in [2.45, 2.75) is 257 Å². The monoisotopic (exact) mass is 1190 g/mol. The van der Waals surface area contributed by atoms with Crippen molar-refractivity contribution >= 4 is 54.3 Å². The second-order valence-electron chi connectivity index (χ2n) is 23.1. The number of nitrogens with zero attached hydrogens (tertiary/aromatic N) is 3. The molecule has 6 N–H and O–H groups in total. The molecule has 2 rings (SSSR count). The van der Waals surface area contributed by atoms with Crippen LogP contribution in [0, 0.1) is 20.2 Å². The molecule has 0 aliphatic carbocycles. The molecule has 1 heterocycles. The molecule has 0 radical (unpaired) electrons. The SMILES string of the molecule is CCCCCCCCCCCCCCCC(=O)OCC(COP(=O)(O)OCCNC(=O)COCC(=O)NCCNc1cc(NC2CC(C)(C)N(O)C(C)(C)C2)c([N+](=O)[O-])cc1[N+](=O)[O-])OC(=O)CCCCCCCCCCCCCCC. The largest absolute Gasteiger partial charge is 0.472 e. The third kappa shape index (κ3) is 33.7. The predicted molar refractivity (Wildman–Crippen MR) is 317 cm³/mol. The number of nitro groups is 2. The fourth-order valence-electron chi connectivity index (χ4n) is 10.2. The van der Waals surface area contributed by atoms with Gasteiger partial charge in [-0.3, -0.25) is 48.5 Å². The zero-order valence-electron chi connectivity index (χ0n) is 50.6. The summed E-state index contributed by atoms with van der Waals surface area (Å²) in [4.78, 5) is 83.3. The summed E-state index contributed by atoms with van der Waals surface area (Å²) in [5, 5.41) is 46.9. The Morgan fingerprint density at radius 2 is 1.05 bits per heavy atom. The molecule has 0 bridgehead atoms. The standard InChI is InChI=1S/C58H104N7O16P/c1-7-9-11-13-15-17-19-21-23-25-27-29-31-33-55(68)78-43-48(81-56(69)34-32-30-28-26-24-22-20-18-16-14-12-10-8-2)44-80-82(75,76)79-38-37-61-54(67)46-77-45-53(66)60-36-35-59-49-39-50(52(64(72)73)40-51(49)63(70)71)62-47-41-57(3,4)65(74)58(5,6)42-47/h39-40,47-48,59,62,74H,7-38,41-46H2,1-6H3,(H,60,66)(H,61,67)(H,75,76). The lowest BCUT2D eigenvalue weighted by Gasteiger charge is -2.51. The number of unbranched alkanes of at least 4 members (excludes halogenated alkanes) is 24. The van der Waals surface area contributed by atoms with Gasteiger partial charge in [0.05, 0.1) is 29.1 Å². The van der Waals surface area contributed by atoms with Gasteiger partial charge in [-0.2, -0.15) is 5.06 Å². The molecule has 0 saturated carbocycles. The van der Waals surface area contributed by atoms with E-state index in [2.05, 4.69) is 35.1 Å². The Kier molecular flexibility index (Phi) is 38.0. The number of anilines is 2. The molecule has 2 atom stereocenters. The van der Waals surface area contributed by atoms with Crippen molar-refractivity contribution in [1.82, 2.24) is 15.7 Å². The second kappa shape index (κ2) is 42.3. The summed E-state index contributed by atoms with van der Waals surface area (Å²) in [5.74, 6) is -2.31. The van der Waals surface area contributed by atoms with Crippen LogP contribution in [0.5, 0.6) is 0 Å². The first-order valence-corrected chi connectivity index (χ1v) is 32.1. The van der Waals surface area contributed by atoms with Gasteiger partial charge in [0.2, 0.25) is 11.8 Å². The maximum atomic E-state index is 12.9. The van der Waals surface area contributed by atoms with E-state index in [0.29, 0.717) is 25.7 Å². The number of rotatable bonds is 50. The van der Waals surface area contributed by atoms with Crippen molar-refractivity contribution in [3.8, 4) is 0 Å². The highest BCUT2D eigenvalue weighted by Gasteiger charge is 2.45. The van der Waals surface area contributed by atoms with E-state index in [1.54, 1.807) is 0 Å². The minimum Gasteiger partial charge on any atom is -0.462 e. The Morgan fingerprint density at radius 3 is 1.51 bits per heavy atom. The van der Waals surface area contributed by atoms with E-state index in [4.69, 9.17) is 23.3 Å². The van der Waals surface area contributed by atoms with Gasteiger partial charge >= 0.3 is 19.8 Å². The molecule has 23 nitrogen and oxygen atoms in total. The van der Waals surface area contributed by atoms with Crippen LogP contribution in [-0.4, -0.2) is 125 Å². The number of ether oxygens (including phenoxy) is 3. The van der Waals surface area contributed by atoms with E-state index in [0.717, 1.165) is 44.6 Å². The van der Waals surface area contributed by atoms with Crippen LogP contribution >= 0.6 is 7.82 Å². The molecule has 1 aromatic carbocycles. The van der Waals surface area contributed by atoms with Crippen LogP contribution in [0.1, 0.15) is 234 Å². The second-order valence-corrected chi connectivity index (χ2v) is 24.5. The van der Waals surface area contributed by atoms with Gasteiger partial charge in [-0.1, -0.05) is 168 Å². The summed E-state index contributed by atoms with van der Waals surface area (Å²) in [6.45, 7) is 8.98. The lowest BCUT2D eigenvalue weighted by atomic mass is 9.79. The molecule has 0 spiro atoms. The molecule has 1 fully saturated rings. The summed E-state index contributed by atoms with van der Waals surface area (Å²) in [5.41, 5.74) is -2.37. The highest BCUT2D eigenvalue weighted by molar-refractivity contribution is 7.47. The van der Waals surface area contributed by atoms with Crippen LogP contribution < -0.4 is 21.3 Å². The smallest absolute Gasteiger partial charge is 0.462 e. The first-order chi connectivity index (χ1) is 39.1. The topological polar surface area (TPSA) is 310 Å². The minimum atomic E-state index is -4.74. The summed E-state index contributed by atoms with van der Waals surface area (Å²) in [6.07, 6.45) is 30.2. The third-order valence-electron chi connectivity index (χ3n) is 14.5. The average molecular weight is 1190 g/mol. The number of carbonyl (C=O) groups excluding carboxylic acids is 4. The lowest BCUT2D eigenvalue weighted by molar-refractivity contribution is -0.393. The fourth-order valence-corrected chi connectivity index (χ4v) is 11.0. The number of amides is 2. The molecular formula is C58H104N7O16P. The van der Waals surface area contributed by atoms with Gasteiger partial charge in [0.1, 0.15) is 31.2 Å². The van der Waals surface area contributed by atoms with Gasteiger partial charge in [0.25, 0.3) is 11.4 Å². The molecule has 1 saturated heterocycles. The van der Waals surface area contributed by atoms with Crippen molar-refractivity contribution in [2.75, 3.05) is 63.3 Å². The Bertz CT molecular complexity index is 2050. The Morgan fingerprint density at radius 1 is 0.622 bits per heavy atom. The van der Waals surface area contributed by atoms with Crippen molar-refractivity contribution in [3.05, 3.63) is 32.4 Å². The highest BCUT2D eigenvalue weighted by atomic mass is 31.2. The average Bonchev–Trinajstić information content (AvgIpc) is 3.62. The number of benzene rings is 1. The molecule has 1 aliphatic rings. The number of nitro benzene ring substituents is 2. The normalized spacial score (nSPS) is 15.3.